The minimum Gasteiger partial charge on any atom is -0.489 e. The van der Waals surface area contributed by atoms with Crippen LogP contribution in [0.3, 0.4) is 0 Å². The predicted octanol–water partition coefficient (Wildman–Crippen LogP) is 4.99. The Kier molecular flexibility index (Phi) is 4.08. The molecule has 0 saturated carbocycles. The van der Waals surface area contributed by atoms with E-state index in [2.05, 4.69) is 35.0 Å². The van der Waals surface area contributed by atoms with Gasteiger partial charge in [-0.15, -0.1) is 0 Å². The summed E-state index contributed by atoms with van der Waals surface area (Å²) in [6.07, 6.45) is 0. The van der Waals surface area contributed by atoms with E-state index in [1.807, 2.05) is 30.3 Å². The average Bonchev–Trinajstić information content (AvgIpc) is 2.30. The third-order valence-corrected chi connectivity index (χ3v) is 3.26. The molecular weight excluding hydrogens is 300 g/mol. The summed E-state index contributed by atoms with van der Waals surface area (Å²) < 4.78 is 6.78. The minimum atomic E-state index is 0.570. The topological polar surface area (TPSA) is 9.23 Å². The molecule has 17 heavy (non-hydrogen) atoms. The molecule has 88 valence electrons. The molecule has 2 rings (SSSR count). The van der Waals surface area contributed by atoms with Crippen molar-refractivity contribution in [1.29, 1.82) is 0 Å². The van der Waals surface area contributed by atoms with Gasteiger partial charge in [0.2, 0.25) is 0 Å². The highest BCUT2D eigenvalue weighted by atomic mass is 79.9. The fourth-order valence-corrected chi connectivity index (χ4v) is 2.11. The van der Waals surface area contributed by atoms with Crippen molar-refractivity contribution in [2.45, 2.75) is 13.5 Å². The van der Waals surface area contributed by atoms with Crippen LogP contribution >= 0.6 is 27.5 Å². The molecule has 0 aromatic heterocycles. The molecule has 1 nitrogen and oxygen atoms in total. The van der Waals surface area contributed by atoms with Crippen LogP contribution in [0, 0.1) is 6.92 Å². The van der Waals surface area contributed by atoms with Gasteiger partial charge in [-0.25, -0.2) is 0 Å². The van der Waals surface area contributed by atoms with Crippen molar-refractivity contribution in [1.82, 2.24) is 0 Å². The number of aryl methyl sites for hydroxylation is 1. The SMILES string of the molecule is Cc1cc(Br)ccc1COc1ccc(Cl)cc1. The summed E-state index contributed by atoms with van der Waals surface area (Å²) >= 11 is 9.26. The highest BCUT2D eigenvalue weighted by molar-refractivity contribution is 9.10. The second-order valence-corrected chi connectivity index (χ2v) is 5.17. The molecule has 0 aliphatic rings. The lowest BCUT2D eigenvalue weighted by molar-refractivity contribution is 0.305. The molecule has 0 radical (unpaired) electrons. The first-order valence-corrected chi connectivity index (χ1v) is 6.45. The van der Waals surface area contributed by atoms with Crippen LogP contribution in [0.5, 0.6) is 5.75 Å². The maximum Gasteiger partial charge on any atom is 0.119 e. The van der Waals surface area contributed by atoms with Gasteiger partial charge in [0.25, 0.3) is 0 Å². The molecule has 0 atom stereocenters. The van der Waals surface area contributed by atoms with Crippen LogP contribution in [0.15, 0.2) is 46.9 Å². The zero-order valence-corrected chi connectivity index (χ0v) is 11.8. The van der Waals surface area contributed by atoms with E-state index in [0.29, 0.717) is 6.61 Å². The van der Waals surface area contributed by atoms with Gasteiger partial charge >= 0.3 is 0 Å². The first kappa shape index (κ1) is 12.5. The predicted molar refractivity (Wildman–Crippen MR) is 74.7 cm³/mol. The van der Waals surface area contributed by atoms with E-state index >= 15 is 0 Å². The molecule has 2 aromatic rings. The minimum absolute atomic E-state index is 0.570. The normalized spacial score (nSPS) is 10.3. The van der Waals surface area contributed by atoms with E-state index in [1.54, 1.807) is 0 Å². The summed E-state index contributed by atoms with van der Waals surface area (Å²) in [5.41, 5.74) is 2.40. The number of benzene rings is 2. The van der Waals surface area contributed by atoms with E-state index in [1.165, 1.54) is 11.1 Å². The van der Waals surface area contributed by atoms with Gasteiger partial charge in [-0.2, -0.15) is 0 Å². The highest BCUT2D eigenvalue weighted by Gasteiger charge is 2.00. The largest absolute Gasteiger partial charge is 0.489 e. The molecule has 0 aliphatic heterocycles. The number of halogens is 2. The number of hydrogen-bond acceptors (Lipinski definition) is 1. The monoisotopic (exact) mass is 310 g/mol. The van der Waals surface area contributed by atoms with Crippen molar-refractivity contribution in [2.75, 3.05) is 0 Å². The zero-order valence-electron chi connectivity index (χ0n) is 9.41. The lowest BCUT2D eigenvalue weighted by Gasteiger charge is -2.09. The van der Waals surface area contributed by atoms with Crippen LogP contribution in [0.4, 0.5) is 0 Å². The number of ether oxygens (including phenoxy) is 1. The van der Waals surface area contributed by atoms with E-state index in [0.717, 1.165) is 15.2 Å². The fourth-order valence-electron chi connectivity index (χ4n) is 1.51. The quantitative estimate of drug-likeness (QED) is 0.776. The summed E-state index contributed by atoms with van der Waals surface area (Å²) in [5.74, 6) is 0.830. The maximum atomic E-state index is 5.81. The van der Waals surface area contributed by atoms with Crippen LogP contribution < -0.4 is 4.74 Å². The van der Waals surface area contributed by atoms with Gasteiger partial charge in [-0.3, -0.25) is 0 Å². The van der Waals surface area contributed by atoms with Gasteiger partial charge < -0.3 is 4.74 Å². The van der Waals surface area contributed by atoms with Crippen molar-refractivity contribution >= 4 is 27.5 Å². The Morgan fingerprint density at radius 2 is 1.82 bits per heavy atom. The van der Waals surface area contributed by atoms with Crippen molar-refractivity contribution in [3.63, 3.8) is 0 Å². The second kappa shape index (κ2) is 5.56. The molecule has 0 aliphatic carbocycles. The smallest absolute Gasteiger partial charge is 0.119 e. The molecule has 0 N–H and O–H groups in total. The fraction of sp³-hybridized carbons (Fsp3) is 0.143. The maximum absolute atomic E-state index is 5.81. The number of rotatable bonds is 3. The molecule has 0 spiro atoms. The van der Waals surface area contributed by atoms with Crippen LogP contribution in [0.25, 0.3) is 0 Å². The van der Waals surface area contributed by atoms with Gasteiger partial charge in [0.15, 0.2) is 0 Å². The van der Waals surface area contributed by atoms with Gasteiger partial charge in [0.05, 0.1) is 0 Å². The van der Waals surface area contributed by atoms with Crippen molar-refractivity contribution in [2.24, 2.45) is 0 Å². The summed E-state index contributed by atoms with van der Waals surface area (Å²) in [6, 6.07) is 13.6. The zero-order chi connectivity index (χ0) is 12.3. The standard InChI is InChI=1S/C14H12BrClO/c1-10-8-12(15)3-2-11(10)9-17-14-6-4-13(16)5-7-14/h2-8H,9H2,1H3. The third-order valence-electron chi connectivity index (χ3n) is 2.51. The Bertz CT molecular complexity index is 508. The summed E-state index contributed by atoms with van der Waals surface area (Å²) in [6.45, 7) is 2.64. The van der Waals surface area contributed by atoms with Crippen LogP contribution in [0.2, 0.25) is 5.02 Å². The molecule has 0 heterocycles. The molecule has 0 amide bonds. The van der Waals surface area contributed by atoms with E-state index in [4.69, 9.17) is 16.3 Å². The van der Waals surface area contributed by atoms with Crippen LogP contribution in [0.1, 0.15) is 11.1 Å². The Hall–Kier alpha value is -0.990. The Morgan fingerprint density at radius 3 is 2.47 bits per heavy atom. The lowest BCUT2D eigenvalue weighted by atomic mass is 10.1. The van der Waals surface area contributed by atoms with Crippen molar-refractivity contribution in [3.05, 3.63) is 63.1 Å². The van der Waals surface area contributed by atoms with E-state index in [-0.39, 0.29) is 0 Å². The second-order valence-electron chi connectivity index (χ2n) is 3.81. The van der Waals surface area contributed by atoms with Gasteiger partial charge in [-0.05, 0) is 54.4 Å². The van der Waals surface area contributed by atoms with Crippen molar-refractivity contribution < 1.29 is 4.74 Å². The van der Waals surface area contributed by atoms with Crippen molar-refractivity contribution in [3.8, 4) is 5.75 Å². The van der Waals surface area contributed by atoms with Gasteiger partial charge in [0, 0.05) is 9.50 Å². The molecule has 0 bridgehead atoms. The molecule has 0 fully saturated rings. The van der Waals surface area contributed by atoms with Gasteiger partial charge in [0.1, 0.15) is 12.4 Å². The number of hydrogen-bond donors (Lipinski definition) is 0. The Balaban J connectivity index is 2.04. The molecule has 0 unspecified atom stereocenters. The third kappa shape index (κ3) is 3.48. The van der Waals surface area contributed by atoms with Crippen LogP contribution in [-0.4, -0.2) is 0 Å². The van der Waals surface area contributed by atoms with E-state index in [9.17, 15) is 0 Å². The molecule has 2 aromatic carbocycles. The first-order valence-electron chi connectivity index (χ1n) is 5.28. The van der Waals surface area contributed by atoms with E-state index < -0.39 is 0 Å². The van der Waals surface area contributed by atoms with Crippen LogP contribution in [-0.2, 0) is 6.61 Å². The molecular formula is C14H12BrClO. The highest BCUT2D eigenvalue weighted by Crippen LogP contribution is 2.20. The Labute approximate surface area is 115 Å². The lowest BCUT2D eigenvalue weighted by Crippen LogP contribution is -1.97. The molecule has 3 heteroatoms. The van der Waals surface area contributed by atoms with Gasteiger partial charge in [-0.1, -0.05) is 33.6 Å². The first-order chi connectivity index (χ1) is 8.15. The summed E-state index contributed by atoms with van der Waals surface area (Å²) in [7, 11) is 0. The summed E-state index contributed by atoms with van der Waals surface area (Å²) in [4.78, 5) is 0. The average molecular weight is 312 g/mol. The summed E-state index contributed by atoms with van der Waals surface area (Å²) in [5, 5.41) is 0.720. The molecule has 0 saturated heterocycles. The Morgan fingerprint density at radius 1 is 1.12 bits per heavy atom.